The molecule has 2 heterocycles. The average Bonchev–Trinajstić information content (AvgIpc) is 2.57. The predicted octanol–water partition coefficient (Wildman–Crippen LogP) is 3.21. The molecule has 0 aromatic heterocycles. The van der Waals surface area contributed by atoms with Crippen molar-refractivity contribution in [2.45, 2.75) is 31.8 Å². The molecular weight excluding hydrogens is 354 g/mol. The standard InChI is InChI=1S/C17H22BrN5/c1-11-16(23-17-14(18)3-2-4-15(17)22-11)12(9-19)10-21-13-5-7-20-8-6-13/h2-4,9-11,13,19-22H,5-8H2,1H3/b12-10+,19-9?. The number of halogens is 1. The zero-order valence-electron chi connectivity index (χ0n) is 13.2. The van der Waals surface area contributed by atoms with Crippen LogP contribution in [0.15, 0.2) is 39.4 Å². The van der Waals surface area contributed by atoms with Crippen molar-refractivity contribution in [3.63, 3.8) is 0 Å². The summed E-state index contributed by atoms with van der Waals surface area (Å²) in [4.78, 5) is 4.80. The van der Waals surface area contributed by atoms with Crippen LogP contribution in [0.3, 0.4) is 0 Å². The lowest BCUT2D eigenvalue weighted by molar-refractivity contribution is 0.420. The van der Waals surface area contributed by atoms with Crippen LogP contribution < -0.4 is 16.0 Å². The highest BCUT2D eigenvalue weighted by molar-refractivity contribution is 9.10. The molecule has 0 radical (unpaired) electrons. The quantitative estimate of drug-likeness (QED) is 0.610. The number of aliphatic imine (C=N–C) groups is 1. The Morgan fingerprint density at radius 1 is 1.39 bits per heavy atom. The van der Waals surface area contributed by atoms with Gasteiger partial charge in [0.05, 0.1) is 17.4 Å². The second-order valence-corrected chi connectivity index (χ2v) is 6.79. The minimum atomic E-state index is 0.0690. The molecule has 23 heavy (non-hydrogen) atoms. The van der Waals surface area contributed by atoms with Gasteiger partial charge in [0.1, 0.15) is 5.69 Å². The van der Waals surface area contributed by atoms with Crippen molar-refractivity contribution < 1.29 is 0 Å². The van der Waals surface area contributed by atoms with Gasteiger partial charge in [0.15, 0.2) is 0 Å². The first-order valence-electron chi connectivity index (χ1n) is 8.00. The third kappa shape index (κ3) is 3.64. The van der Waals surface area contributed by atoms with Crippen LogP contribution in [0.5, 0.6) is 0 Å². The maximum atomic E-state index is 7.78. The molecule has 0 aliphatic carbocycles. The third-order valence-electron chi connectivity index (χ3n) is 4.27. The van der Waals surface area contributed by atoms with E-state index in [1.165, 1.54) is 6.21 Å². The van der Waals surface area contributed by atoms with Gasteiger partial charge >= 0.3 is 0 Å². The summed E-state index contributed by atoms with van der Waals surface area (Å²) in [6, 6.07) is 6.54. The number of hydrogen-bond donors (Lipinski definition) is 4. The fourth-order valence-electron chi connectivity index (χ4n) is 2.96. The van der Waals surface area contributed by atoms with Gasteiger partial charge in [-0.25, -0.2) is 4.99 Å². The molecule has 1 aromatic carbocycles. The first-order valence-corrected chi connectivity index (χ1v) is 8.79. The molecule has 1 fully saturated rings. The molecular formula is C17H22BrN5. The Labute approximate surface area is 145 Å². The topological polar surface area (TPSA) is 72.3 Å². The summed E-state index contributed by atoms with van der Waals surface area (Å²) in [6.45, 7) is 4.17. The van der Waals surface area contributed by atoms with Gasteiger partial charge in [-0.15, -0.1) is 0 Å². The summed E-state index contributed by atoms with van der Waals surface area (Å²) < 4.78 is 0.961. The van der Waals surface area contributed by atoms with Crippen LogP contribution in [0, 0.1) is 5.41 Å². The number of hydrogen-bond acceptors (Lipinski definition) is 5. The third-order valence-corrected chi connectivity index (χ3v) is 4.91. The Morgan fingerprint density at radius 2 is 2.17 bits per heavy atom. The van der Waals surface area contributed by atoms with Crippen LogP contribution in [0.2, 0.25) is 0 Å². The molecule has 2 aliphatic rings. The number of benzene rings is 1. The van der Waals surface area contributed by atoms with Gasteiger partial charge in [0.25, 0.3) is 0 Å². The lowest BCUT2D eigenvalue weighted by Gasteiger charge is -2.26. The van der Waals surface area contributed by atoms with Gasteiger partial charge in [0, 0.05) is 28.5 Å². The number of nitrogens with zero attached hydrogens (tertiary/aromatic N) is 1. The highest BCUT2D eigenvalue weighted by atomic mass is 79.9. The fourth-order valence-corrected chi connectivity index (χ4v) is 3.42. The molecule has 5 nitrogen and oxygen atoms in total. The Hall–Kier alpha value is -1.66. The zero-order chi connectivity index (χ0) is 16.2. The molecule has 6 heteroatoms. The normalized spacial score (nSPS) is 21.9. The second-order valence-electron chi connectivity index (χ2n) is 5.93. The molecule has 1 aromatic rings. The van der Waals surface area contributed by atoms with E-state index in [4.69, 9.17) is 10.4 Å². The molecule has 0 spiro atoms. The van der Waals surface area contributed by atoms with Gasteiger partial charge in [-0.2, -0.15) is 0 Å². The van der Waals surface area contributed by atoms with Gasteiger partial charge in [-0.1, -0.05) is 6.07 Å². The van der Waals surface area contributed by atoms with E-state index in [1.54, 1.807) is 0 Å². The van der Waals surface area contributed by atoms with Crippen molar-refractivity contribution in [3.8, 4) is 0 Å². The van der Waals surface area contributed by atoms with Crippen LogP contribution in [0.25, 0.3) is 0 Å². The number of anilines is 1. The summed E-state index contributed by atoms with van der Waals surface area (Å²) >= 11 is 3.56. The van der Waals surface area contributed by atoms with Crippen LogP contribution in [-0.2, 0) is 0 Å². The van der Waals surface area contributed by atoms with E-state index >= 15 is 0 Å². The van der Waals surface area contributed by atoms with Gasteiger partial charge in [0.2, 0.25) is 0 Å². The average molecular weight is 376 g/mol. The lowest BCUT2D eigenvalue weighted by atomic mass is 10.0. The zero-order valence-corrected chi connectivity index (χ0v) is 14.8. The predicted molar refractivity (Wildman–Crippen MR) is 100 cm³/mol. The SMILES string of the molecule is CC1Nc2cccc(Br)c2N=C1/C(C=N)=C/NC1CCNCC1. The summed E-state index contributed by atoms with van der Waals surface area (Å²) in [6.07, 6.45) is 5.54. The van der Waals surface area contributed by atoms with Crippen molar-refractivity contribution in [2.75, 3.05) is 18.4 Å². The monoisotopic (exact) mass is 375 g/mol. The van der Waals surface area contributed by atoms with Crippen molar-refractivity contribution >= 4 is 39.2 Å². The number of nitrogens with one attached hydrogen (secondary N) is 4. The number of fused-ring (bicyclic) bond motifs is 1. The molecule has 1 atom stereocenters. The maximum Gasteiger partial charge on any atom is 0.101 e. The smallest absolute Gasteiger partial charge is 0.101 e. The summed E-state index contributed by atoms with van der Waals surface area (Å²) in [7, 11) is 0. The van der Waals surface area contributed by atoms with E-state index in [1.807, 2.05) is 24.4 Å². The van der Waals surface area contributed by atoms with Gasteiger partial charge < -0.3 is 21.4 Å². The molecule has 0 amide bonds. The van der Waals surface area contributed by atoms with E-state index in [9.17, 15) is 0 Å². The molecule has 1 saturated heterocycles. The van der Waals surface area contributed by atoms with Crippen molar-refractivity contribution in [1.82, 2.24) is 10.6 Å². The molecule has 0 saturated carbocycles. The molecule has 3 rings (SSSR count). The molecule has 4 N–H and O–H groups in total. The van der Waals surface area contributed by atoms with E-state index < -0.39 is 0 Å². The number of piperidine rings is 1. The van der Waals surface area contributed by atoms with Crippen molar-refractivity contribution in [2.24, 2.45) is 4.99 Å². The highest BCUT2D eigenvalue weighted by Gasteiger charge is 2.22. The van der Waals surface area contributed by atoms with Crippen molar-refractivity contribution in [3.05, 3.63) is 34.4 Å². The first kappa shape index (κ1) is 16.2. The van der Waals surface area contributed by atoms with E-state index in [0.29, 0.717) is 6.04 Å². The summed E-state index contributed by atoms with van der Waals surface area (Å²) in [5, 5.41) is 18.1. The second kappa shape index (κ2) is 7.27. The maximum absolute atomic E-state index is 7.78. The van der Waals surface area contributed by atoms with Crippen LogP contribution in [0.4, 0.5) is 11.4 Å². The summed E-state index contributed by atoms with van der Waals surface area (Å²) in [5.74, 6) is 0. The van der Waals surface area contributed by atoms with Crippen LogP contribution in [0.1, 0.15) is 19.8 Å². The largest absolute Gasteiger partial charge is 0.387 e. The molecule has 1 unspecified atom stereocenters. The number of para-hydroxylation sites is 1. The lowest BCUT2D eigenvalue weighted by Crippen LogP contribution is -2.38. The molecule has 2 aliphatic heterocycles. The molecule has 122 valence electrons. The van der Waals surface area contributed by atoms with Gasteiger partial charge in [-0.3, -0.25) is 0 Å². The van der Waals surface area contributed by atoms with E-state index in [0.717, 1.165) is 53.1 Å². The van der Waals surface area contributed by atoms with Gasteiger partial charge in [-0.05, 0) is 60.9 Å². The van der Waals surface area contributed by atoms with Crippen molar-refractivity contribution in [1.29, 1.82) is 5.41 Å². The minimum absolute atomic E-state index is 0.0690. The Morgan fingerprint density at radius 3 is 2.91 bits per heavy atom. The van der Waals surface area contributed by atoms with E-state index in [-0.39, 0.29) is 6.04 Å². The minimum Gasteiger partial charge on any atom is -0.387 e. The molecule has 0 bridgehead atoms. The highest BCUT2D eigenvalue weighted by Crippen LogP contribution is 2.37. The number of rotatable bonds is 4. The van der Waals surface area contributed by atoms with Crippen LogP contribution in [-0.4, -0.2) is 37.1 Å². The Bertz CT molecular complexity index is 646. The Balaban J connectivity index is 1.85. The van der Waals surface area contributed by atoms with Crippen LogP contribution >= 0.6 is 15.9 Å². The first-order chi connectivity index (χ1) is 11.2. The summed E-state index contributed by atoms with van der Waals surface area (Å²) in [5.41, 5.74) is 3.63. The fraction of sp³-hybridized carbons (Fsp3) is 0.412. The van der Waals surface area contributed by atoms with E-state index in [2.05, 4.69) is 38.8 Å². The Kier molecular flexibility index (Phi) is 5.13.